The first-order valence-corrected chi connectivity index (χ1v) is 4.93. The Labute approximate surface area is 68.7 Å². The van der Waals surface area contributed by atoms with E-state index in [1.54, 1.807) is 0 Å². The van der Waals surface area contributed by atoms with Gasteiger partial charge in [-0.1, -0.05) is 11.3 Å². The molecule has 0 fully saturated rings. The van der Waals surface area contributed by atoms with Crippen LogP contribution in [0.25, 0.3) is 0 Å². The van der Waals surface area contributed by atoms with Gasteiger partial charge < -0.3 is 0 Å². The molecule has 1 aromatic rings. The molecule has 61 valence electrons. The van der Waals surface area contributed by atoms with E-state index in [1.807, 2.05) is 0 Å². The SMILES string of the molecule is CN(C)S(=O)(=O)c1nn[c]s1. The molecule has 1 radical (unpaired) electrons. The molecule has 1 aromatic heterocycles. The van der Waals surface area contributed by atoms with Crippen LogP contribution in [0.2, 0.25) is 0 Å². The minimum Gasteiger partial charge on any atom is -0.204 e. The van der Waals surface area contributed by atoms with Crippen LogP contribution >= 0.6 is 11.3 Å². The molecule has 1 rings (SSSR count). The second-order valence-corrected chi connectivity index (χ2v) is 5.05. The molecule has 0 aliphatic carbocycles. The quantitative estimate of drug-likeness (QED) is 0.639. The third kappa shape index (κ3) is 1.55. The molecule has 11 heavy (non-hydrogen) atoms. The normalized spacial score (nSPS) is 12.3. The molecule has 1 heterocycles. The average Bonchev–Trinajstić information content (AvgIpc) is 2.37. The molecule has 0 N–H and O–H groups in total. The fourth-order valence-electron chi connectivity index (χ4n) is 0.402. The van der Waals surface area contributed by atoms with Crippen LogP contribution in [-0.2, 0) is 10.0 Å². The van der Waals surface area contributed by atoms with Crippen LogP contribution in [0, 0.1) is 5.51 Å². The highest BCUT2D eigenvalue weighted by atomic mass is 32.2. The zero-order chi connectivity index (χ0) is 8.48. The van der Waals surface area contributed by atoms with Crippen LogP contribution in [0.4, 0.5) is 0 Å². The van der Waals surface area contributed by atoms with Crippen LogP contribution in [0.15, 0.2) is 4.34 Å². The number of nitrogens with zero attached hydrogens (tertiary/aromatic N) is 3. The van der Waals surface area contributed by atoms with E-state index in [4.69, 9.17) is 0 Å². The Morgan fingerprint density at radius 1 is 1.55 bits per heavy atom. The average molecular weight is 192 g/mol. The lowest BCUT2D eigenvalue weighted by molar-refractivity contribution is 0.519. The summed E-state index contributed by atoms with van der Waals surface area (Å²) in [6, 6.07) is 0. The first-order chi connectivity index (χ1) is 5.05. The summed E-state index contributed by atoms with van der Waals surface area (Å²) in [5.41, 5.74) is 2.37. The van der Waals surface area contributed by atoms with Crippen LogP contribution < -0.4 is 0 Å². The Bertz CT molecular complexity index is 315. The molecule has 0 aliphatic heterocycles. The van der Waals surface area contributed by atoms with E-state index in [1.165, 1.54) is 14.1 Å². The maximum atomic E-state index is 11.2. The van der Waals surface area contributed by atoms with Crippen LogP contribution in [0.3, 0.4) is 0 Å². The predicted octanol–water partition coefficient (Wildman–Crippen LogP) is -0.411. The summed E-state index contributed by atoms with van der Waals surface area (Å²) in [5.74, 6) is 0. The van der Waals surface area contributed by atoms with Crippen LogP contribution in [0.5, 0.6) is 0 Å². The van der Waals surface area contributed by atoms with E-state index in [-0.39, 0.29) is 4.34 Å². The molecule has 0 unspecified atom stereocenters. The van der Waals surface area contributed by atoms with Gasteiger partial charge in [0.2, 0.25) is 4.34 Å². The van der Waals surface area contributed by atoms with Gasteiger partial charge in [0.1, 0.15) is 0 Å². The van der Waals surface area contributed by atoms with E-state index in [0.717, 1.165) is 15.6 Å². The molecule has 0 atom stereocenters. The lowest BCUT2D eigenvalue weighted by Gasteiger charge is -2.05. The van der Waals surface area contributed by atoms with Crippen molar-refractivity contribution >= 4 is 21.4 Å². The van der Waals surface area contributed by atoms with Crippen molar-refractivity contribution in [3.05, 3.63) is 5.51 Å². The van der Waals surface area contributed by atoms with Crippen molar-refractivity contribution in [2.75, 3.05) is 14.1 Å². The van der Waals surface area contributed by atoms with Gasteiger partial charge in [0.25, 0.3) is 10.0 Å². The number of hydrogen-bond acceptors (Lipinski definition) is 5. The van der Waals surface area contributed by atoms with E-state index in [0.29, 0.717) is 0 Å². The van der Waals surface area contributed by atoms with Crippen molar-refractivity contribution in [1.82, 2.24) is 14.5 Å². The first-order valence-electron chi connectivity index (χ1n) is 2.67. The maximum Gasteiger partial charge on any atom is 0.271 e. The smallest absolute Gasteiger partial charge is 0.204 e. The molecule has 5 nitrogen and oxygen atoms in total. The summed E-state index contributed by atoms with van der Waals surface area (Å²) in [6.07, 6.45) is 0. The van der Waals surface area contributed by atoms with Crippen molar-refractivity contribution < 1.29 is 8.42 Å². The molecule has 0 amide bonds. The maximum absolute atomic E-state index is 11.2. The summed E-state index contributed by atoms with van der Waals surface area (Å²) in [5, 5.41) is 6.70. The molecule has 0 aliphatic rings. The van der Waals surface area contributed by atoms with Gasteiger partial charge in [-0.15, -0.1) is 10.2 Å². The Kier molecular flexibility index (Phi) is 2.21. The van der Waals surface area contributed by atoms with Gasteiger partial charge in [-0.2, -0.15) is 0 Å². The second-order valence-electron chi connectivity index (χ2n) is 1.95. The summed E-state index contributed by atoms with van der Waals surface area (Å²) in [6.45, 7) is 0. The first kappa shape index (κ1) is 8.57. The van der Waals surface area contributed by atoms with Crippen molar-refractivity contribution in [3.8, 4) is 0 Å². The highest BCUT2D eigenvalue weighted by molar-refractivity contribution is 7.91. The molecular formula is C4H6N3O2S2. The molecule has 0 saturated heterocycles. The van der Waals surface area contributed by atoms with Crippen molar-refractivity contribution in [3.63, 3.8) is 0 Å². The summed E-state index contributed by atoms with van der Waals surface area (Å²) >= 11 is 0.881. The second kappa shape index (κ2) is 2.84. The van der Waals surface area contributed by atoms with Gasteiger partial charge in [-0.25, -0.2) is 12.7 Å². The highest BCUT2D eigenvalue weighted by Gasteiger charge is 2.20. The number of rotatable bonds is 2. The molecule has 0 aromatic carbocycles. The Hall–Kier alpha value is -0.530. The molecule has 0 saturated carbocycles. The largest absolute Gasteiger partial charge is 0.271 e. The van der Waals surface area contributed by atoms with E-state index >= 15 is 0 Å². The summed E-state index contributed by atoms with van der Waals surface area (Å²) in [7, 11) is -0.504. The van der Waals surface area contributed by atoms with Crippen LogP contribution in [0.1, 0.15) is 0 Å². The Balaban J connectivity index is 3.12. The van der Waals surface area contributed by atoms with Gasteiger partial charge in [-0.05, 0) is 0 Å². The Morgan fingerprint density at radius 2 is 2.18 bits per heavy atom. The highest BCUT2D eigenvalue weighted by Crippen LogP contribution is 2.12. The van der Waals surface area contributed by atoms with E-state index in [9.17, 15) is 8.42 Å². The third-order valence-electron chi connectivity index (χ3n) is 1.01. The Morgan fingerprint density at radius 3 is 2.55 bits per heavy atom. The van der Waals surface area contributed by atoms with Crippen molar-refractivity contribution in [1.29, 1.82) is 0 Å². The van der Waals surface area contributed by atoms with Gasteiger partial charge in [0.05, 0.1) is 0 Å². The van der Waals surface area contributed by atoms with Crippen molar-refractivity contribution in [2.45, 2.75) is 4.34 Å². The summed E-state index contributed by atoms with van der Waals surface area (Å²) < 4.78 is 23.5. The topological polar surface area (TPSA) is 63.2 Å². The zero-order valence-corrected chi connectivity index (χ0v) is 7.61. The fraction of sp³-hybridized carbons (Fsp3) is 0.500. The fourth-order valence-corrected chi connectivity index (χ4v) is 2.08. The van der Waals surface area contributed by atoms with Crippen LogP contribution in [-0.4, -0.2) is 37.0 Å². The van der Waals surface area contributed by atoms with Gasteiger partial charge >= 0.3 is 0 Å². The number of sulfonamides is 1. The molecular weight excluding hydrogens is 186 g/mol. The lowest BCUT2D eigenvalue weighted by Crippen LogP contribution is -2.21. The zero-order valence-electron chi connectivity index (χ0n) is 5.97. The molecule has 0 bridgehead atoms. The lowest BCUT2D eigenvalue weighted by atomic mass is 11.3. The van der Waals surface area contributed by atoms with E-state index < -0.39 is 10.0 Å². The third-order valence-corrected chi connectivity index (χ3v) is 3.80. The van der Waals surface area contributed by atoms with Crippen molar-refractivity contribution in [2.24, 2.45) is 0 Å². The minimum absolute atomic E-state index is 0.0255. The van der Waals surface area contributed by atoms with Gasteiger partial charge in [0, 0.05) is 14.1 Å². The minimum atomic E-state index is -3.39. The number of aromatic nitrogens is 2. The predicted molar refractivity (Wildman–Crippen MR) is 39.6 cm³/mol. The molecule has 0 spiro atoms. The molecule has 7 heteroatoms. The van der Waals surface area contributed by atoms with Gasteiger partial charge in [0.15, 0.2) is 5.51 Å². The van der Waals surface area contributed by atoms with Gasteiger partial charge in [-0.3, -0.25) is 0 Å². The van der Waals surface area contributed by atoms with E-state index in [2.05, 4.69) is 15.7 Å². The number of hydrogen-bond donors (Lipinski definition) is 0. The monoisotopic (exact) mass is 192 g/mol. The summed E-state index contributed by atoms with van der Waals surface area (Å²) in [4.78, 5) is 0. The standard InChI is InChI=1S/C4H6N3O2S2/c1-7(2)11(8,9)4-6-5-3-10-4/h1-2H3.